The number of methoxy groups -OCH3 is 1. The molecule has 1 amide bonds. The molecule has 22 heavy (non-hydrogen) atoms. The minimum atomic E-state index is -3.58. The predicted molar refractivity (Wildman–Crippen MR) is 73.0 cm³/mol. The van der Waals surface area contributed by atoms with E-state index in [9.17, 15) is 18.4 Å². The average Bonchev–Trinajstić information content (AvgIpc) is 3.04. The van der Waals surface area contributed by atoms with Crippen molar-refractivity contribution in [3.8, 4) is 11.8 Å². The highest BCUT2D eigenvalue weighted by molar-refractivity contribution is 7.14. The normalized spacial score (nSPS) is 18.2. The van der Waals surface area contributed by atoms with E-state index in [4.69, 9.17) is 5.21 Å². The van der Waals surface area contributed by atoms with Gasteiger partial charge >= 0.3 is 11.9 Å². The zero-order chi connectivity index (χ0) is 16.3. The smallest absolute Gasteiger partial charge is 0.348 e. The number of halogens is 2. The van der Waals surface area contributed by atoms with Crippen LogP contribution in [-0.4, -0.2) is 47.4 Å². The summed E-state index contributed by atoms with van der Waals surface area (Å²) in [5, 5.41) is 11.4. The van der Waals surface area contributed by atoms with Gasteiger partial charge in [-0.3, -0.25) is 9.69 Å². The van der Waals surface area contributed by atoms with Gasteiger partial charge in [-0.1, -0.05) is 17.0 Å². The highest BCUT2D eigenvalue weighted by Gasteiger charge is 2.52. The molecule has 116 valence electrons. The van der Waals surface area contributed by atoms with E-state index >= 15 is 0 Å². The fraction of sp³-hybridized carbons (Fsp3) is 0.308. The molecular formula is C13H10F2N2O4S. The number of amides is 1. The average molecular weight is 328 g/mol. The third-order valence-electron chi connectivity index (χ3n) is 2.81. The molecule has 0 spiro atoms. The fourth-order valence-corrected chi connectivity index (χ4v) is 2.56. The summed E-state index contributed by atoms with van der Waals surface area (Å²) in [6.07, 6.45) is -0.949. The van der Waals surface area contributed by atoms with Crippen LogP contribution >= 0.6 is 11.3 Å². The molecule has 0 radical (unpaired) electrons. The Balaban J connectivity index is 2.09. The number of hydrogen-bond acceptors (Lipinski definition) is 6. The van der Waals surface area contributed by atoms with Gasteiger partial charge < -0.3 is 9.94 Å². The number of ether oxygens (including phenoxy) is 1. The number of amidine groups is 1. The van der Waals surface area contributed by atoms with E-state index in [-0.39, 0.29) is 6.54 Å². The van der Waals surface area contributed by atoms with Crippen molar-refractivity contribution in [2.45, 2.75) is 12.3 Å². The lowest BCUT2D eigenvalue weighted by molar-refractivity contribution is -0.146. The van der Waals surface area contributed by atoms with Crippen LogP contribution in [0, 0.1) is 11.8 Å². The summed E-state index contributed by atoms with van der Waals surface area (Å²) in [5.74, 6) is -0.767. The third-order valence-corrected chi connectivity index (χ3v) is 3.79. The van der Waals surface area contributed by atoms with Gasteiger partial charge in [0, 0.05) is 0 Å². The molecule has 2 heterocycles. The minimum absolute atomic E-state index is 0.334. The number of hydrogen-bond donors (Lipinski definition) is 1. The number of carbonyl (C=O) groups excluding carboxylic acids is 2. The van der Waals surface area contributed by atoms with Crippen molar-refractivity contribution in [1.29, 1.82) is 0 Å². The highest BCUT2D eigenvalue weighted by Crippen LogP contribution is 2.29. The maximum Gasteiger partial charge on any atom is 0.348 e. The van der Waals surface area contributed by atoms with Gasteiger partial charge in [-0.15, -0.1) is 11.3 Å². The first-order valence-corrected chi connectivity index (χ1v) is 6.78. The van der Waals surface area contributed by atoms with E-state index in [1.807, 2.05) is 0 Å². The summed E-state index contributed by atoms with van der Waals surface area (Å²) in [4.78, 5) is 24.2. The van der Waals surface area contributed by atoms with Crippen LogP contribution < -0.4 is 0 Å². The third kappa shape index (κ3) is 3.07. The molecule has 0 saturated carbocycles. The van der Waals surface area contributed by atoms with Crippen LogP contribution in [0.15, 0.2) is 17.3 Å². The molecule has 0 atom stereocenters. The lowest BCUT2D eigenvalue weighted by atomic mass is 10.3. The minimum Gasteiger partial charge on any atom is -0.465 e. The van der Waals surface area contributed by atoms with Crippen molar-refractivity contribution in [2.24, 2.45) is 5.16 Å². The molecule has 1 fully saturated rings. The Hall–Kier alpha value is -2.47. The summed E-state index contributed by atoms with van der Waals surface area (Å²) in [6, 6.07) is 3.10. The van der Waals surface area contributed by atoms with E-state index in [2.05, 4.69) is 21.7 Å². The second-order valence-corrected chi connectivity index (χ2v) is 5.33. The molecular weight excluding hydrogens is 318 g/mol. The molecule has 0 aliphatic carbocycles. The number of likely N-dealkylation sites (tertiary alicyclic amines) is 1. The Morgan fingerprint density at radius 3 is 2.95 bits per heavy atom. The molecule has 0 aromatic carbocycles. The first kappa shape index (κ1) is 15.9. The van der Waals surface area contributed by atoms with Crippen LogP contribution in [0.25, 0.3) is 0 Å². The summed E-state index contributed by atoms with van der Waals surface area (Å²) >= 11 is 1.08. The van der Waals surface area contributed by atoms with Gasteiger partial charge in [0.1, 0.15) is 4.88 Å². The largest absolute Gasteiger partial charge is 0.465 e. The van der Waals surface area contributed by atoms with Crippen LogP contribution in [0.3, 0.4) is 0 Å². The molecule has 1 aliphatic heterocycles. The number of nitrogens with zero attached hydrogens (tertiary/aromatic N) is 2. The zero-order valence-corrected chi connectivity index (χ0v) is 12.1. The summed E-state index contributed by atoms with van der Waals surface area (Å²) in [6.45, 7) is -0.334. The number of oxime groups is 1. The summed E-state index contributed by atoms with van der Waals surface area (Å²) in [5.41, 5.74) is 0. The second kappa shape index (κ2) is 6.11. The number of rotatable bonds is 2. The number of esters is 1. The monoisotopic (exact) mass is 328 g/mol. The van der Waals surface area contributed by atoms with Crippen molar-refractivity contribution in [3.05, 3.63) is 21.9 Å². The molecule has 6 nitrogen and oxygen atoms in total. The topological polar surface area (TPSA) is 79.2 Å². The molecule has 1 N–H and O–H groups in total. The SMILES string of the molecule is COC(=O)c1ccc(C#CCN2C(=O)C(F)(F)CC2=NO)s1. The Morgan fingerprint density at radius 2 is 2.32 bits per heavy atom. The molecule has 1 aromatic rings. The molecule has 1 aromatic heterocycles. The second-order valence-electron chi connectivity index (χ2n) is 4.25. The molecule has 9 heteroatoms. The zero-order valence-electron chi connectivity index (χ0n) is 11.3. The van der Waals surface area contributed by atoms with E-state index < -0.39 is 30.1 Å². The van der Waals surface area contributed by atoms with Gasteiger partial charge in [0.25, 0.3) is 5.91 Å². The van der Waals surface area contributed by atoms with Gasteiger partial charge in [0.05, 0.1) is 25.0 Å². The standard InChI is InChI=1S/C13H10F2N2O4S/c1-21-11(18)9-5-4-8(22-9)3-2-6-17-10(16-20)7-13(14,15)12(17)19/h4-5,20H,6-7H2,1H3. The highest BCUT2D eigenvalue weighted by atomic mass is 32.1. The van der Waals surface area contributed by atoms with E-state index in [1.165, 1.54) is 13.2 Å². The van der Waals surface area contributed by atoms with Gasteiger partial charge in [0.15, 0.2) is 5.84 Å². The molecule has 1 saturated heterocycles. The first-order valence-electron chi connectivity index (χ1n) is 5.97. The van der Waals surface area contributed by atoms with E-state index in [0.29, 0.717) is 14.7 Å². The number of thiophene rings is 1. The maximum atomic E-state index is 13.2. The quantitative estimate of drug-likeness (QED) is 0.387. The number of alkyl halides is 2. The van der Waals surface area contributed by atoms with Crippen LogP contribution in [0.4, 0.5) is 8.78 Å². The van der Waals surface area contributed by atoms with Gasteiger partial charge in [-0.25, -0.2) is 4.79 Å². The summed E-state index contributed by atoms with van der Waals surface area (Å²) < 4.78 is 31.0. The van der Waals surface area contributed by atoms with Crippen LogP contribution in [-0.2, 0) is 9.53 Å². The Labute approximate surface area is 128 Å². The van der Waals surface area contributed by atoms with Crippen molar-refractivity contribution in [1.82, 2.24) is 4.90 Å². The lowest BCUT2D eigenvalue weighted by Crippen LogP contribution is -2.35. The fourth-order valence-electron chi connectivity index (χ4n) is 1.76. The lowest BCUT2D eigenvalue weighted by Gasteiger charge is -2.11. The van der Waals surface area contributed by atoms with Crippen LogP contribution in [0.5, 0.6) is 0 Å². The summed E-state index contributed by atoms with van der Waals surface area (Å²) in [7, 11) is 1.25. The maximum absolute atomic E-state index is 13.2. The Bertz CT molecular complexity index is 702. The van der Waals surface area contributed by atoms with Gasteiger partial charge in [0.2, 0.25) is 0 Å². The van der Waals surface area contributed by atoms with Crippen molar-refractivity contribution in [2.75, 3.05) is 13.7 Å². The van der Waals surface area contributed by atoms with Crippen molar-refractivity contribution < 1.29 is 28.3 Å². The molecule has 1 aliphatic rings. The van der Waals surface area contributed by atoms with E-state index in [1.54, 1.807) is 6.07 Å². The first-order chi connectivity index (χ1) is 10.4. The van der Waals surface area contributed by atoms with Crippen LogP contribution in [0.1, 0.15) is 21.0 Å². The van der Waals surface area contributed by atoms with Gasteiger partial charge in [-0.2, -0.15) is 8.78 Å². The van der Waals surface area contributed by atoms with Gasteiger partial charge in [-0.05, 0) is 12.1 Å². The molecule has 2 rings (SSSR count). The predicted octanol–water partition coefficient (Wildman–Crippen LogP) is 1.54. The molecule has 0 unspecified atom stereocenters. The van der Waals surface area contributed by atoms with Crippen LogP contribution in [0.2, 0.25) is 0 Å². The number of carbonyl (C=O) groups is 2. The van der Waals surface area contributed by atoms with E-state index in [0.717, 1.165) is 11.3 Å². The Morgan fingerprint density at radius 1 is 1.59 bits per heavy atom. The molecule has 0 bridgehead atoms. The van der Waals surface area contributed by atoms with Crippen molar-refractivity contribution >= 4 is 29.0 Å². The van der Waals surface area contributed by atoms with Crippen molar-refractivity contribution in [3.63, 3.8) is 0 Å². The Kier molecular flexibility index (Phi) is 4.42.